The molecule has 0 atom stereocenters. The third kappa shape index (κ3) is 5.86. The van der Waals surface area contributed by atoms with Crippen LogP contribution < -0.4 is 16.2 Å². The van der Waals surface area contributed by atoms with Crippen LogP contribution in [0.25, 0.3) is 11.1 Å². The van der Waals surface area contributed by atoms with Crippen LogP contribution in [0.3, 0.4) is 0 Å². The lowest BCUT2D eigenvalue weighted by Crippen LogP contribution is -2.53. The Morgan fingerprint density at radius 3 is 2.30 bits per heavy atom. The second-order valence-electron chi connectivity index (χ2n) is 6.77. The molecule has 162 valence electrons. The molecule has 0 aliphatic carbocycles. The van der Waals surface area contributed by atoms with Crippen LogP contribution in [-0.4, -0.2) is 29.0 Å². The number of alkyl halides is 3. The zero-order valence-electron chi connectivity index (χ0n) is 16.2. The quantitative estimate of drug-likeness (QED) is 0.665. The molecule has 0 saturated carbocycles. The first-order chi connectivity index (χ1) is 13.5. The van der Waals surface area contributed by atoms with Crippen molar-refractivity contribution in [1.29, 1.82) is 0 Å². The summed E-state index contributed by atoms with van der Waals surface area (Å²) in [5.41, 5.74) is 13.1. The molecule has 2 aromatic rings. The minimum absolute atomic E-state index is 0. The zero-order valence-corrected chi connectivity index (χ0v) is 17.9. The van der Waals surface area contributed by atoms with Crippen molar-refractivity contribution in [2.24, 2.45) is 21.5 Å². The topological polar surface area (TPSA) is 98.5 Å². The summed E-state index contributed by atoms with van der Waals surface area (Å²) in [6.07, 6.45) is -4.72. The molecule has 2 aromatic carbocycles. The number of halogens is 4. The van der Waals surface area contributed by atoms with Crippen molar-refractivity contribution in [1.82, 2.24) is 5.06 Å². The van der Waals surface area contributed by atoms with Crippen molar-refractivity contribution < 1.29 is 22.7 Å². The molecule has 0 fully saturated rings. The summed E-state index contributed by atoms with van der Waals surface area (Å²) < 4.78 is 40.8. The number of aliphatic imine (C=N–C) groups is 2. The fourth-order valence-corrected chi connectivity index (χ4v) is 2.85. The molecule has 4 N–H and O–H groups in total. The minimum Gasteiger partial charge on any atom is -0.406 e. The van der Waals surface area contributed by atoms with Gasteiger partial charge in [0.1, 0.15) is 12.4 Å². The maximum atomic E-state index is 12.3. The van der Waals surface area contributed by atoms with E-state index in [0.717, 1.165) is 16.7 Å². The van der Waals surface area contributed by atoms with Crippen LogP contribution in [0.15, 0.2) is 58.5 Å². The lowest BCUT2D eigenvalue weighted by molar-refractivity contribution is -0.274. The van der Waals surface area contributed by atoms with E-state index < -0.39 is 12.0 Å². The first-order valence-corrected chi connectivity index (χ1v) is 8.61. The number of hydroxylamine groups is 2. The lowest BCUT2D eigenvalue weighted by atomic mass is 10.0. The molecule has 30 heavy (non-hydrogen) atoms. The van der Waals surface area contributed by atoms with Crippen molar-refractivity contribution in [3.8, 4) is 16.9 Å². The molecule has 0 amide bonds. The summed E-state index contributed by atoms with van der Waals surface area (Å²) in [7, 11) is 0. The standard InChI is InChI=1S/C19H20F3N5O2.BrH/c1-18(2)26-16(23)25-17(24)27(18)28-11-12-4-3-5-14(10-12)13-6-8-15(9-7-13)29-19(20,21)22;/h3-10H,11H2,1-2H3,(H4,23,24,25,26);1H. The number of hydrogen-bond donors (Lipinski definition) is 2. The normalized spacial score (nSPS) is 15.7. The summed E-state index contributed by atoms with van der Waals surface area (Å²) in [5.74, 6) is -0.103. The molecule has 0 bridgehead atoms. The van der Waals surface area contributed by atoms with Gasteiger partial charge >= 0.3 is 6.36 Å². The molecule has 11 heteroatoms. The molecule has 1 aliphatic rings. The van der Waals surface area contributed by atoms with Crippen molar-refractivity contribution in [3.05, 3.63) is 54.1 Å². The van der Waals surface area contributed by atoms with Crippen molar-refractivity contribution in [3.63, 3.8) is 0 Å². The van der Waals surface area contributed by atoms with Gasteiger partial charge in [0.25, 0.3) is 0 Å². The molecule has 0 spiro atoms. The molecule has 7 nitrogen and oxygen atoms in total. The van der Waals surface area contributed by atoms with Crippen LogP contribution in [0.1, 0.15) is 19.4 Å². The van der Waals surface area contributed by atoms with E-state index >= 15 is 0 Å². The van der Waals surface area contributed by atoms with Crippen molar-refractivity contribution in [2.45, 2.75) is 32.5 Å². The lowest BCUT2D eigenvalue weighted by Gasteiger charge is -2.36. The number of nitrogens with zero attached hydrogens (tertiary/aromatic N) is 3. The van der Waals surface area contributed by atoms with E-state index in [0.29, 0.717) is 0 Å². The highest BCUT2D eigenvalue weighted by Gasteiger charge is 2.33. The fraction of sp³-hybridized carbons (Fsp3) is 0.263. The van der Waals surface area contributed by atoms with Crippen LogP contribution >= 0.6 is 17.0 Å². The highest BCUT2D eigenvalue weighted by atomic mass is 79.9. The summed E-state index contributed by atoms with van der Waals surface area (Å²) in [5, 5.41) is 1.37. The Labute approximate surface area is 181 Å². The molecule has 0 saturated heterocycles. The maximum absolute atomic E-state index is 12.3. The van der Waals surface area contributed by atoms with E-state index in [1.165, 1.54) is 17.2 Å². The zero-order chi connectivity index (χ0) is 21.2. The third-order valence-corrected chi connectivity index (χ3v) is 4.03. The Bertz CT molecular complexity index is 946. The number of nitrogens with two attached hydrogens (primary N) is 2. The predicted octanol–water partition coefficient (Wildman–Crippen LogP) is 3.94. The number of guanidine groups is 2. The van der Waals surface area contributed by atoms with Gasteiger partial charge in [0.05, 0.1) is 0 Å². The fourth-order valence-electron chi connectivity index (χ4n) is 2.85. The molecule has 1 heterocycles. The minimum atomic E-state index is -4.72. The summed E-state index contributed by atoms with van der Waals surface area (Å²) in [4.78, 5) is 13.9. The van der Waals surface area contributed by atoms with Gasteiger partial charge in [0, 0.05) is 0 Å². The monoisotopic (exact) mass is 487 g/mol. The van der Waals surface area contributed by atoms with E-state index in [1.807, 2.05) is 24.3 Å². The average molecular weight is 488 g/mol. The summed E-state index contributed by atoms with van der Waals surface area (Å²) in [6.45, 7) is 3.74. The van der Waals surface area contributed by atoms with E-state index in [1.54, 1.807) is 26.0 Å². The van der Waals surface area contributed by atoms with E-state index in [2.05, 4.69) is 14.7 Å². The van der Waals surface area contributed by atoms with Gasteiger partial charge in [-0.25, -0.2) is 4.99 Å². The second kappa shape index (κ2) is 8.92. The smallest absolute Gasteiger partial charge is 0.406 e. The molecule has 0 radical (unpaired) electrons. The highest BCUT2D eigenvalue weighted by Crippen LogP contribution is 2.27. The average Bonchev–Trinajstić information content (AvgIpc) is 2.59. The molecular formula is C19H21BrF3N5O2. The highest BCUT2D eigenvalue weighted by molar-refractivity contribution is 8.93. The van der Waals surface area contributed by atoms with Crippen LogP contribution in [0.2, 0.25) is 0 Å². The summed E-state index contributed by atoms with van der Waals surface area (Å²) >= 11 is 0. The van der Waals surface area contributed by atoms with Crippen LogP contribution in [0.4, 0.5) is 13.2 Å². The van der Waals surface area contributed by atoms with Crippen LogP contribution in [-0.2, 0) is 11.4 Å². The second-order valence-corrected chi connectivity index (χ2v) is 6.77. The van der Waals surface area contributed by atoms with E-state index in [9.17, 15) is 13.2 Å². The summed E-state index contributed by atoms with van der Waals surface area (Å²) in [6, 6.07) is 13.0. The first kappa shape index (κ1) is 23.5. The van der Waals surface area contributed by atoms with E-state index in [-0.39, 0.29) is 41.3 Å². The van der Waals surface area contributed by atoms with Crippen molar-refractivity contribution in [2.75, 3.05) is 0 Å². The molecule has 0 unspecified atom stereocenters. The van der Waals surface area contributed by atoms with Gasteiger partial charge in [-0.05, 0) is 48.7 Å². The molecule has 3 rings (SSSR count). The molecule has 0 aromatic heterocycles. The Kier molecular flexibility index (Phi) is 6.99. The Morgan fingerprint density at radius 2 is 1.70 bits per heavy atom. The SMILES string of the molecule is Br.CC1(C)N=C(N)N=C(N)N1OCc1cccc(-c2ccc(OC(F)(F)F)cc2)c1. The van der Waals surface area contributed by atoms with Gasteiger partial charge in [0.15, 0.2) is 5.66 Å². The Balaban J connectivity index is 0.00000320. The molecule has 1 aliphatic heterocycles. The van der Waals surface area contributed by atoms with Gasteiger partial charge in [0.2, 0.25) is 11.9 Å². The number of rotatable bonds is 5. The van der Waals surface area contributed by atoms with Gasteiger partial charge in [-0.1, -0.05) is 30.3 Å². The molecular weight excluding hydrogens is 467 g/mol. The Hall–Kier alpha value is -2.79. The number of ether oxygens (including phenoxy) is 1. The van der Waals surface area contributed by atoms with Gasteiger partial charge in [-0.3, -0.25) is 4.84 Å². The maximum Gasteiger partial charge on any atom is 0.573 e. The predicted molar refractivity (Wildman–Crippen MR) is 113 cm³/mol. The van der Waals surface area contributed by atoms with Gasteiger partial charge in [-0.15, -0.1) is 30.2 Å². The number of benzene rings is 2. The van der Waals surface area contributed by atoms with Crippen LogP contribution in [0, 0.1) is 0 Å². The largest absolute Gasteiger partial charge is 0.573 e. The van der Waals surface area contributed by atoms with E-state index in [4.69, 9.17) is 16.3 Å². The van der Waals surface area contributed by atoms with Gasteiger partial charge < -0.3 is 16.2 Å². The van der Waals surface area contributed by atoms with Crippen molar-refractivity contribution >= 4 is 28.9 Å². The Morgan fingerprint density at radius 1 is 1.03 bits per heavy atom. The van der Waals surface area contributed by atoms with Gasteiger partial charge in [-0.2, -0.15) is 10.1 Å². The number of hydrogen-bond acceptors (Lipinski definition) is 7. The third-order valence-electron chi connectivity index (χ3n) is 4.03. The first-order valence-electron chi connectivity index (χ1n) is 8.61. The van der Waals surface area contributed by atoms with Crippen LogP contribution in [0.5, 0.6) is 5.75 Å².